The number of aromatic nitrogens is 1. The van der Waals surface area contributed by atoms with Crippen molar-refractivity contribution in [1.82, 2.24) is 5.16 Å². The average molecular weight is 170 g/mol. The number of nitrogens with two attached hydrogens (primary N) is 1. The van der Waals surface area contributed by atoms with Crippen LogP contribution >= 0.6 is 0 Å². The monoisotopic (exact) mass is 170 g/mol. The van der Waals surface area contributed by atoms with Gasteiger partial charge in [-0.3, -0.25) is 0 Å². The maximum absolute atomic E-state index is 5.65. The number of rotatable bonds is 3. The Kier molecular flexibility index (Phi) is 2.70. The van der Waals surface area contributed by atoms with Gasteiger partial charge in [-0.2, -0.15) is 0 Å². The predicted octanol–water partition coefficient (Wildman–Crippen LogP) is 0.881. The molecule has 1 rings (SSSR count). The van der Waals surface area contributed by atoms with E-state index in [1.165, 1.54) is 0 Å². The highest BCUT2D eigenvalue weighted by molar-refractivity contribution is 5.28. The van der Waals surface area contributed by atoms with E-state index in [2.05, 4.69) is 5.16 Å². The van der Waals surface area contributed by atoms with Gasteiger partial charge in [-0.05, 0) is 25.4 Å². The fourth-order valence-corrected chi connectivity index (χ4v) is 1.08. The molecule has 4 nitrogen and oxygen atoms in total. The van der Waals surface area contributed by atoms with Crippen LogP contribution in [0.3, 0.4) is 0 Å². The summed E-state index contributed by atoms with van der Waals surface area (Å²) in [4.78, 5) is 0. The second-order valence-corrected chi connectivity index (χ2v) is 2.91. The standard InChI is InChI=1S/C8H14N2O2/c1-5(9)4-7-6(2)12-10-8(7)11-3/h5H,4,9H2,1-3H3. The second kappa shape index (κ2) is 3.58. The van der Waals surface area contributed by atoms with E-state index in [-0.39, 0.29) is 6.04 Å². The van der Waals surface area contributed by atoms with Gasteiger partial charge >= 0.3 is 0 Å². The molecule has 1 atom stereocenters. The van der Waals surface area contributed by atoms with Gasteiger partial charge in [-0.15, -0.1) is 0 Å². The molecule has 1 unspecified atom stereocenters. The fourth-order valence-electron chi connectivity index (χ4n) is 1.08. The lowest BCUT2D eigenvalue weighted by Crippen LogP contribution is -2.18. The Morgan fingerprint density at radius 1 is 1.67 bits per heavy atom. The molecule has 0 aliphatic rings. The van der Waals surface area contributed by atoms with Crippen LogP contribution in [0.4, 0.5) is 0 Å². The molecule has 2 N–H and O–H groups in total. The number of aryl methyl sites for hydroxylation is 1. The molecule has 0 saturated heterocycles. The third-order valence-electron chi connectivity index (χ3n) is 1.67. The lowest BCUT2D eigenvalue weighted by molar-refractivity contribution is 0.331. The quantitative estimate of drug-likeness (QED) is 0.731. The van der Waals surface area contributed by atoms with Crippen molar-refractivity contribution >= 4 is 0 Å². The van der Waals surface area contributed by atoms with E-state index >= 15 is 0 Å². The highest BCUT2D eigenvalue weighted by Gasteiger charge is 2.13. The Balaban J connectivity index is 2.86. The van der Waals surface area contributed by atoms with Crippen molar-refractivity contribution in [2.45, 2.75) is 26.3 Å². The SMILES string of the molecule is COc1noc(C)c1CC(C)N. The van der Waals surface area contributed by atoms with Crippen LogP contribution in [-0.2, 0) is 6.42 Å². The maximum atomic E-state index is 5.65. The van der Waals surface area contributed by atoms with Gasteiger partial charge in [-0.1, -0.05) is 0 Å². The van der Waals surface area contributed by atoms with Crippen molar-refractivity contribution in [1.29, 1.82) is 0 Å². The maximum Gasteiger partial charge on any atom is 0.257 e. The van der Waals surface area contributed by atoms with Crippen molar-refractivity contribution in [3.63, 3.8) is 0 Å². The molecule has 0 amide bonds. The molecule has 0 saturated carbocycles. The molecular weight excluding hydrogens is 156 g/mol. The summed E-state index contributed by atoms with van der Waals surface area (Å²) in [6, 6.07) is 0.0944. The van der Waals surface area contributed by atoms with Gasteiger partial charge in [0.05, 0.1) is 12.7 Å². The molecule has 4 heteroatoms. The zero-order valence-electron chi connectivity index (χ0n) is 7.63. The summed E-state index contributed by atoms with van der Waals surface area (Å²) in [5.41, 5.74) is 6.62. The van der Waals surface area contributed by atoms with Crippen LogP contribution in [0.1, 0.15) is 18.2 Å². The summed E-state index contributed by atoms with van der Waals surface area (Å²) in [5.74, 6) is 1.33. The van der Waals surface area contributed by atoms with Crippen molar-refractivity contribution in [3.05, 3.63) is 11.3 Å². The number of hydrogen-bond donors (Lipinski definition) is 1. The minimum absolute atomic E-state index is 0.0944. The summed E-state index contributed by atoms with van der Waals surface area (Å²) in [7, 11) is 1.57. The average Bonchev–Trinajstić information content (AvgIpc) is 2.32. The number of methoxy groups -OCH3 is 1. The van der Waals surface area contributed by atoms with Crippen LogP contribution in [0, 0.1) is 6.92 Å². The largest absolute Gasteiger partial charge is 0.479 e. The Morgan fingerprint density at radius 3 is 2.83 bits per heavy atom. The Hall–Kier alpha value is -1.03. The molecule has 1 aromatic rings. The summed E-state index contributed by atoms with van der Waals surface area (Å²) >= 11 is 0. The molecule has 12 heavy (non-hydrogen) atoms. The zero-order chi connectivity index (χ0) is 9.14. The van der Waals surface area contributed by atoms with Crippen molar-refractivity contribution < 1.29 is 9.26 Å². The first kappa shape index (κ1) is 9.06. The minimum Gasteiger partial charge on any atom is -0.479 e. The summed E-state index contributed by atoms with van der Waals surface area (Å²) in [5, 5.41) is 3.73. The van der Waals surface area contributed by atoms with Crippen LogP contribution in [0.5, 0.6) is 5.88 Å². The number of ether oxygens (including phenoxy) is 1. The van der Waals surface area contributed by atoms with Gasteiger partial charge in [-0.25, -0.2) is 0 Å². The van der Waals surface area contributed by atoms with E-state index in [1.54, 1.807) is 7.11 Å². The Labute approximate surface area is 71.7 Å². The molecule has 0 aliphatic carbocycles. The van der Waals surface area contributed by atoms with Crippen molar-refractivity contribution in [2.75, 3.05) is 7.11 Å². The van der Waals surface area contributed by atoms with Gasteiger partial charge in [0.2, 0.25) is 0 Å². The van der Waals surface area contributed by atoms with Gasteiger partial charge in [0.15, 0.2) is 0 Å². The van der Waals surface area contributed by atoms with E-state index in [1.807, 2.05) is 13.8 Å². The van der Waals surface area contributed by atoms with Crippen molar-refractivity contribution in [2.24, 2.45) is 5.73 Å². The van der Waals surface area contributed by atoms with Crippen LogP contribution in [0.2, 0.25) is 0 Å². The lowest BCUT2D eigenvalue weighted by Gasteiger charge is -2.03. The first-order valence-corrected chi connectivity index (χ1v) is 3.90. The molecule has 0 radical (unpaired) electrons. The molecule has 0 fully saturated rings. The van der Waals surface area contributed by atoms with Crippen LogP contribution < -0.4 is 10.5 Å². The Bertz CT molecular complexity index is 256. The molecule has 0 aromatic carbocycles. The third kappa shape index (κ3) is 1.76. The normalized spacial score (nSPS) is 13.0. The lowest BCUT2D eigenvalue weighted by atomic mass is 10.1. The number of hydrogen-bond acceptors (Lipinski definition) is 4. The van der Waals surface area contributed by atoms with E-state index < -0.39 is 0 Å². The molecule has 68 valence electrons. The van der Waals surface area contributed by atoms with Crippen LogP contribution in [0.25, 0.3) is 0 Å². The Morgan fingerprint density at radius 2 is 2.33 bits per heavy atom. The van der Waals surface area contributed by atoms with Crippen LogP contribution in [0.15, 0.2) is 4.52 Å². The molecule has 1 aromatic heterocycles. The first-order valence-electron chi connectivity index (χ1n) is 3.90. The van der Waals surface area contributed by atoms with E-state index in [9.17, 15) is 0 Å². The highest BCUT2D eigenvalue weighted by atomic mass is 16.5. The first-order chi connectivity index (χ1) is 5.65. The molecular formula is C8H14N2O2. The van der Waals surface area contributed by atoms with Gasteiger partial charge in [0, 0.05) is 6.04 Å². The highest BCUT2D eigenvalue weighted by Crippen LogP contribution is 2.21. The van der Waals surface area contributed by atoms with Crippen LogP contribution in [-0.4, -0.2) is 18.3 Å². The topological polar surface area (TPSA) is 61.3 Å². The van der Waals surface area contributed by atoms with E-state index in [0.717, 1.165) is 17.7 Å². The predicted molar refractivity (Wildman–Crippen MR) is 45.1 cm³/mol. The second-order valence-electron chi connectivity index (χ2n) is 2.91. The van der Waals surface area contributed by atoms with Gasteiger partial charge in [0.25, 0.3) is 5.88 Å². The van der Waals surface area contributed by atoms with Gasteiger partial charge in [0.1, 0.15) is 5.76 Å². The summed E-state index contributed by atoms with van der Waals surface area (Å²) < 4.78 is 9.96. The van der Waals surface area contributed by atoms with E-state index in [4.69, 9.17) is 15.0 Å². The summed E-state index contributed by atoms with van der Waals surface area (Å²) in [6.45, 7) is 3.79. The van der Waals surface area contributed by atoms with Crippen molar-refractivity contribution in [3.8, 4) is 5.88 Å². The fraction of sp³-hybridized carbons (Fsp3) is 0.625. The molecule has 0 bridgehead atoms. The summed E-state index contributed by atoms with van der Waals surface area (Å²) in [6.07, 6.45) is 0.735. The smallest absolute Gasteiger partial charge is 0.257 e. The van der Waals surface area contributed by atoms with Gasteiger partial charge < -0.3 is 15.0 Å². The number of nitrogens with zero attached hydrogens (tertiary/aromatic N) is 1. The molecule has 0 spiro atoms. The molecule has 0 aliphatic heterocycles. The zero-order valence-corrected chi connectivity index (χ0v) is 7.63. The third-order valence-corrected chi connectivity index (χ3v) is 1.67. The molecule has 1 heterocycles. The minimum atomic E-state index is 0.0944. The van der Waals surface area contributed by atoms with E-state index in [0.29, 0.717) is 5.88 Å².